The summed E-state index contributed by atoms with van der Waals surface area (Å²) in [6.07, 6.45) is 3.09. The van der Waals surface area contributed by atoms with Crippen molar-refractivity contribution < 1.29 is 9.47 Å². The van der Waals surface area contributed by atoms with E-state index in [0.29, 0.717) is 19.0 Å². The van der Waals surface area contributed by atoms with Crippen molar-refractivity contribution in [1.29, 1.82) is 0 Å². The van der Waals surface area contributed by atoms with Gasteiger partial charge in [0.1, 0.15) is 0 Å². The fourth-order valence-corrected chi connectivity index (χ4v) is 3.28. The van der Waals surface area contributed by atoms with Gasteiger partial charge in [-0.1, -0.05) is 29.8 Å². The SMILES string of the molecule is COc1ccc(CCNC(N)=NCC2(c3ccc(Cl)cc3)CC2)cc1OC.I. The van der Waals surface area contributed by atoms with Crippen molar-refractivity contribution in [1.82, 2.24) is 5.32 Å². The number of benzene rings is 2. The van der Waals surface area contributed by atoms with Crippen LogP contribution in [0.2, 0.25) is 5.02 Å². The molecule has 28 heavy (non-hydrogen) atoms. The first-order valence-corrected chi connectivity index (χ1v) is 9.45. The highest BCUT2D eigenvalue weighted by molar-refractivity contribution is 14.0. The maximum atomic E-state index is 6.05. The molecule has 1 aliphatic carbocycles. The Bertz CT molecular complexity index is 808. The van der Waals surface area contributed by atoms with E-state index in [0.717, 1.165) is 41.3 Å². The van der Waals surface area contributed by atoms with E-state index < -0.39 is 0 Å². The second kappa shape index (κ2) is 10.2. The standard InChI is InChI=1S/C21H26ClN3O2.HI/c1-26-18-8-3-15(13-19(18)27-2)9-12-24-20(23)25-14-21(10-11-21)16-4-6-17(22)7-5-16;/h3-8,13H,9-12,14H2,1-2H3,(H3,23,24,25);1H. The number of methoxy groups -OCH3 is 2. The molecule has 0 aromatic heterocycles. The predicted molar refractivity (Wildman–Crippen MR) is 126 cm³/mol. The molecule has 2 aromatic carbocycles. The third kappa shape index (κ3) is 5.67. The molecule has 0 radical (unpaired) electrons. The van der Waals surface area contributed by atoms with Crippen molar-refractivity contribution in [2.75, 3.05) is 27.3 Å². The highest BCUT2D eigenvalue weighted by Crippen LogP contribution is 2.48. The second-order valence-corrected chi connectivity index (χ2v) is 7.29. The van der Waals surface area contributed by atoms with Crippen molar-refractivity contribution in [2.24, 2.45) is 10.7 Å². The number of nitrogens with one attached hydrogen (secondary N) is 1. The number of hydrogen-bond donors (Lipinski definition) is 2. The molecule has 0 saturated heterocycles. The van der Waals surface area contributed by atoms with Crippen LogP contribution in [-0.2, 0) is 11.8 Å². The van der Waals surface area contributed by atoms with Crippen LogP contribution in [0.5, 0.6) is 11.5 Å². The quantitative estimate of drug-likeness (QED) is 0.315. The Hall–Kier alpha value is -1.67. The van der Waals surface area contributed by atoms with Gasteiger partial charge in [0.05, 0.1) is 20.8 Å². The Morgan fingerprint density at radius 1 is 1.11 bits per heavy atom. The average Bonchev–Trinajstić information content (AvgIpc) is 3.48. The molecular formula is C21H27ClIN3O2. The van der Waals surface area contributed by atoms with E-state index in [1.165, 1.54) is 5.56 Å². The molecule has 0 heterocycles. The number of nitrogens with zero attached hydrogens (tertiary/aromatic N) is 1. The Morgan fingerprint density at radius 3 is 2.39 bits per heavy atom. The number of halogens is 2. The van der Waals surface area contributed by atoms with E-state index in [1.807, 2.05) is 30.3 Å². The molecule has 1 aliphatic rings. The van der Waals surface area contributed by atoms with E-state index in [4.69, 9.17) is 26.8 Å². The number of guanidine groups is 1. The van der Waals surface area contributed by atoms with Crippen LogP contribution in [0.4, 0.5) is 0 Å². The largest absolute Gasteiger partial charge is 0.493 e. The molecule has 0 atom stereocenters. The van der Waals surface area contributed by atoms with Crippen molar-refractivity contribution in [3.63, 3.8) is 0 Å². The molecule has 3 rings (SSSR count). The maximum Gasteiger partial charge on any atom is 0.188 e. The molecule has 0 spiro atoms. The van der Waals surface area contributed by atoms with E-state index in [2.05, 4.69) is 22.4 Å². The van der Waals surface area contributed by atoms with Gasteiger partial charge in [-0.2, -0.15) is 0 Å². The fraction of sp³-hybridized carbons (Fsp3) is 0.381. The molecular weight excluding hydrogens is 489 g/mol. The summed E-state index contributed by atoms with van der Waals surface area (Å²) in [7, 11) is 3.27. The van der Waals surface area contributed by atoms with E-state index in [-0.39, 0.29) is 29.4 Å². The zero-order valence-corrected chi connectivity index (χ0v) is 19.3. The third-order valence-electron chi connectivity index (χ3n) is 5.03. The van der Waals surface area contributed by atoms with Crippen LogP contribution >= 0.6 is 35.6 Å². The van der Waals surface area contributed by atoms with Crippen LogP contribution in [0.25, 0.3) is 0 Å². The molecule has 5 nitrogen and oxygen atoms in total. The van der Waals surface area contributed by atoms with Crippen LogP contribution in [0.3, 0.4) is 0 Å². The minimum atomic E-state index is 0. The number of rotatable bonds is 8. The van der Waals surface area contributed by atoms with Crippen LogP contribution in [0.1, 0.15) is 24.0 Å². The molecule has 0 bridgehead atoms. The van der Waals surface area contributed by atoms with Crippen molar-refractivity contribution in [2.45, 2.75) is 24.7 Å². The molecule has 0 amide bonds. The molecule has 2 aromatic rings. The summed E-state index contributed by atoms with van der Waals surface area (Å²) in [5.74, 6) is 1.94. The van der Waals surface area contributed by atoms with E-state index in [9.17, 15) is 0 Å². The predicted octanol–water partition coefficient (Wildman–Crippen LogP) is 4.15. The molecule has 7 heteroatoms. The lowest BCUT2D eigenvalue weighted by Gasteiger charge is -2.14. The van der Waals surface area contributed by atoms with Gasteiger partial charge in [-0.25, -0.2) is 0 Å². The van der Waals surface area contributed by atoms with Gasteiger partial charge in [0.25, 0.3) is 0 Å². The van der Waals surface area contributed by atoms with Crippen LogP contribution in [0, 0.1) is 0 Å². The van der Waals surface area contributed by atoms with Gasteiger partial charge in [-0.3, -0.25) is 4.99 Å². The number of nitrogens with two attached hydrogens (primary N) is 1. The first kappa shape index (κ1) is 22.6. The second-order valence-electron chi connectivity index (χ2n) is 6.85. The minimum Gasteiger partial charge on any atom is -0.493 e. The first-order valence-electron chi connectivity index (χ1n) is 9.07. The van der Waals surface area contributed by atoms with Gasteiger partial charge in [-0.15, -0.1) is 24.0 Å². The molecule has 3 N–H and O–H groups in total. The van der Waals surface area contributed by atoms with Gasteiger partial charge in [-0.05, 0) is 54.7 Å². The highest BCUT2D eigenvalue weighted by atomic mass is 127. The summed E-state index contributed by atoms with van der Waals surface area (Å²) in [6.45, 7) is 1.41. The summed E-state index contributed by atoms with van der Waals surface area (Å²) < 4.78 is 10.6. The first-order chi connectivity index (χ1) is 13.1. The lowest BCUT2D eigenvalue weighted by Crippen LogP contribution is -2.34. The number of ether oxygens (including phenoxy) is 2. The molecule has 1 fully saturated rings. The number of aliphatic imine (C=N–C) groups is 1. The number of hydrogen-bond acceptors (Lipinski definition) is 3. The Kier molecular flexibility index (Phi) is 8.24. The summed E-state index contributed by atoms with van der Waals surface area (Å²) in [6, 6.07) is 14.0. The summed E-state index contributed by atoms with van der Waals surface area (Å²) >= 11 is 5.98. The Morgan fingerprint density at radius 2 is 1.79 bits per heavy atom. The van der Waals surface area contributed by atoms with Crippen LogP contribution in [0.15, 0.2) is 47.5 Å². The molecule has 1 saturated carbocycles. The lowest BCUT2D eigenvalue weighted by molar-refractivity contribution is 0.354. The minimum absolute atomic E-state index is 0. The van der Waals surface area contributed by atoms with E-state index >= 15 is 0 Å². The summed E-state index contributed by atoms with van der Waals surface area (Å²) in [5, 5.41) is 3.95. The molecule has 0 unspecified atom stereocenters. The average molecular weight is 516 g/mol. The fourth-order valence-electron chi connectivity index (χ4n) is 3.16. The monoisotopic (exact) mass is 515 g/mol. The van der Waals surface area contributed by atoms with Crippen LogP contribution in [-0.4, -0.2) is 33.3 Å². The summed E-state index contributed by atoms with van der Waals surface area (Å²) in [5.41, 5.74) is 8.61. The highest BCUT2D eigenvalue weighted by Gasteiger charge is 2.44. The maximum absolute atomic E-state index is 6.05. The molecule has 152 valence electrons. The van der Waals surface area contributed by atoms with Gasteiger partial charge >= 0.3 is 0 Å². The smallest absolute Gasteiger partial charge is 0.188 e. The van der Waals surface area contributed by atoms with Gasteiger partial charge in [0, 0.05) is 17.0 Å². The van der Waals surface area contributed by atoms with Gasteiger partial charge in [0.15, 0.2) is 17.5 Å². The van der Waals surface area contributed by atoms with Crippen LogP contribution < -0.4 is 20.5 Å². The Labute approximate surface area is 188 Å². The van der Waals surface area contributed by atoms with Gasteiger partial charge in [0.2, 0.25) is 0 Å². The summed E-state index contributed by atoms with van der Waals surface area (Å²) in [4.78, 5) is 4.56. The van der Waals surface area contributed by atoms with Crippen molar-refractivity contribution in [3.8, 4) is 11.5 Å². The van der Waals surface area contributed by atoms with Crippen molar-refractivity contribution >= 4 is 41.5 Å². The zero-order chi connectivity index (χ0) is 19.3. The normalized spacial score (nSPS) is 14.8. The van der Waals surface area contributed by atoms with E-state index in [1.54, 1.807) is 14.2 Å². The third-order valence-corrected chi connectivity index (χ3v) is 5.28. The Balaban J connectivity index is 0.00000280. The molecule has 0 aliphatic heterocycles. The zero-order valence-electron chi connectivity index (χ0n) is 16.2. The topological polar surface area (TPSA) is 68.9 Å². The van der Waals surface area contributed by atoms with Crippen molar-refractivity contribution in [3.05, 3.63) is 58.6 Å². The van der Waals surface area contributed by atoms with Gasteiger partial charge < -0.3 is 20.5 Å². The lowest BCUT2D eigenvalue weighted by atomic mass is 9.96.